The van der Waals surface area contributed by atoms with Gasteiger partial charge in [0.25, 0.3) is 0 Å². The Labute approximate surface area is 319 Å². The average molecular weight is 703 g/mol. The molecular formula is C51H34N4. The Kier molecular flexibility index (Phi) is 8.12. The Bertz CT molecular complexity index is 2840. The predicted octanol–water partition coefficient (Wildman–Crippen LogP) is 13.0. The van der Waals surface area contributed by atoms with E-state index in [-0.39, 0.29) is 0 Å². The molecule has 0 aliphatic heterocycles. The van der Waals surface area contributed by atoms with Gasteiger partial charge in [0.05, 0.1) is 16.7 Å². The summed E-state index contributed by atoms with van der Waals surface area (Å²) >= 11 is 0. The van der Waals surface area contributed by atoms with Crippen LogP contribution in [0.2, 0.25) is 0 Å². The minimum absolute atomic E-state index is 0.604. The van der Waals surface area contributed by atoms with Gasteiger partial charge >= 0.3 is 0 Å². The van der Waals surface area contributed by atoms with Crippen molar-refractivity contribution in [1.82, 2.24) is 19.5 Å². The van der Waals surface area contributed by atoms with E-state index >= 15 is 0 Å². The van der Waals surface area contributed by atoms with Gasteiger partial charge in [0.15, 0.2) is 17.5 Å². The van der Waals surface area contributed by atoms with Crippen molar-refractivity contribution in [2.45, 2.75) is 0 Å². The molecular weight excluding hydrogens is 669 g/mol. The van der Waals surface area contributed by atoms with Crippen molar-refractivity contribution in [2.75, 3.05) is 0 Å². The van der Waals surface area contributed by atoms with Gasteiger partial charge in [0.2, 0.25) is 0 Å². The molecule has 0 aliphatic rings. The van der Waals surface area contributed by atoms with Crippen LogP contribution in [-0.4, -0.2) is 19.5 Å². The van der Waals surface area contributed by atoms with Crippen LogP contribution >= 0.6 is 0 Å². The molecule has 0 unspecified atom stereocenters. The van der Waals surface area contributed by atoms with Crippen molar-refractivity contribution in [2.24, 2.45) is 0 Å². The van der Waals surface area contributed by atoms with E-state index in [0.717, 1.165) is 61.2 Å². The Morgan fingerprint density at radius 2 is 0.709 bits per heavy atom. The van der Waals surface area contributed by atoms with Crippen LogP contribution in [0.4, 0.5) is 0 Å². The molecule has 4 heteroatoms. The second kappa shape index (κ2) is 13.8. The van der Waals surface area contributed by atoms with Gasteiger partial charge in [-0.1, -0.05) is 176 Å². The number of nitrogens with zero attached hydrogens (tertiary/aromatic N) is 4. The van der Waals surface area contributed by atoms with Gasteiger partial charge in [-0.3, -0.25) is 0 Å². The van der Waals surface area contributed by atoms with Gasteiger partial charge in [-0.25, -0.2) is 15.0 Å². The summed E-state index contributed by atoms with van der Waals surface area (Å²) in [6, 6.07) is 72.3. The zero-order valence-corrected chi connectivity index (χ0v) is 29.9. The number of hydrogen-bond donors (Lipinski definition) is 0. The van der Waals surface area contributed by atoms with Crippen LogP contribution in [0.3, 0.4) is 0 Å². The molecule has 2 aromatic heterocycles. The maximum Gasteiger partial charge on any atom is 0.166 e. The van der Waals surface area contributed by atoms with Crippen LogP contribution in [0, 0.1) is 0 Å². The molecule has 0 atom stereocenters. The quantitative estimate of drug-likeness (QED) is 0.166. The molecule has 0 fully saturated rings. The van der Waals surface area contributed by atoms with Crippen molar-refractivity contribution >= 4 is 21.8 Å². The van der Waals surface area contributed by atoms with E-state index in [1.807, 2.05) is 36.4 Å². The zero-order valence-electron chi connectivity index (χ0n) is 29.9. The lowest BCUT2D eigenvalue weighted by atomic mass is 9.90. The summed E-state index contributed by atoms with van der Waals surface area (Å²) in [5, 5.41) is 2.39. The smallest absolute Gasteiger partial charge is 0.166 e. The highest BCUT2D eigenvalue weighted by molar-refractivity contribution is 6.09. The number of hydrogen-bond acceptors (Lipinski definition) is 3. The zero-order chi connectivity index (χ0) is 36.6. The standard InChI is InChI=1S/C51H34N4/c1-5-17-35(18-6-1)39-29-31-41(36-19-7-2-8-20-36)44(33-39)40-30-32-48(55-46-27-15-13-25-42(46)43-26-14-16-28-47(43)55)45(34-40)51-53-49(37-21-9-3-10-22-37)52-50(54-51)38-23-11-4-12-24-38/h1-34H. The molecule has 0 amide bonds. The summed E-state index contributed by atoms with van der Waals surface area (Å²) in [6.45, 7) is 0. The van der Waals surface area contributed by atoms with Crippen molar-refractivity contribution in [3.63, 3.8) is 0 Å². The van der Waals surface area contributed by atoms with Gasteiger partial charge in [0.1, 0.15) is 0 Å². The first-order valence-electron chi connectivity index (χ1n) is 18.5. The maximum absolute atomic E-state index is 5.28. The molecule has 4 nitrogen and oxygen atoms in total. The Morgan fingerprint density at radius 3 is 1.27 bits per heavy atom. The Morgan fingerprint density at radius 1 is 0.273 bits per heavy atom. The van der Waals surface area contributed by atoms with Gasteiger partial charge in [-0.15, -0.1) is 0 Å². The van der Waals surface area contributed by atoms with E-state index in [4.69, 9.17) is 15.0 Å². The molecule has 2 heterocycles. The first-order chi connectivity index (χ1) is 27.3. The summed E-state index contributed by atoms with van der Waals surface area (Å²) < 4.78 is 2.36. The fraction of sp³-hybridized carbons (Fsp3) is 0. The maximum atomic E-state index is 5.28. The summed E-state index contributed by atoms with van der Waals surface area (Å²) in [6.07, 6.45) is 0. The van der Waals surface area contributed by atoms with E-state index < -0.39 is 0 Å². The van der Waals surface area contributed by atoms with Crippen LogP contribution in [-0.2, 0) is 0 Å². The minimum atomic E-state index is 0.604. The molecule has 0 saturated carbocycles. The summed E-state index contributed by atoms with van der Waals surface area (Å²) in [5.41, 5.74) is 12.8. The lowest BCUT2D eigenvalue weighted by Crippen LogP contribution is -2.04. The molecule has 0 spiro atoms. The van der Waals surface area contributed by atoms with Crippen molar-refractivity contribution in [3.8, 4) is 73.2 Å². The monoisotopic (exact) mass is 702 g/mol. The fourth-order valence-corrected chi connectivity index (χ4v) is 7.65. The Balaban J connectivity index is 1.29. The SMILES string of the molecule is c1ccc(-c2ccc(-c3ccccc3)c(-c3ccc(-n4c5ccccc5c5ccccc54)c(-c4nc(-c5ccccc5)nc(-c5ccccc5)n4)c3)c2)cc1. The minimum Gasteiger partial charge on any atom is -0.309 e. The molecule has 0 bridgehead atoms. The number of benzene rings is 8. The third kappa shape index (κ3) is 5.96. The third-order valence-electron chi connectivity index (χ3n) is 10.3. The first-order valence-corrected chi connectivity index (χ1v) is 18.5. The van der Waals surface area contributed by atoms with Crippen molar-refractivity contribution < 1.29 is 0 Å². The molecule has 10 rings (SSSR count). The second-order valence-electron chi connectivity index (χ2n) is 13.6. The molecule has 0 radical (unpaired) electrons. The molecule has 0 aliphatic carbocycles. The van der Waals surface area contributed by atoms with Gasteiger partial charge in [-0.05, 0) is 63.7 Å². The molecule has 0 N–H and O–H groups in total. The van der Waals surface area contributed by atoms with Crippen LogP contribution in [0.5, 0.6) is 0 Å². The van der Waals surface area contributed by atoms with Crippen molar-refractivity contribution in [3.05, 3.63) is 206 Å². The van der Waals surface area contributed by atoms with Gasteiger partial charge in [0, 0.05) is 27.5 Å². The predicted molar refractivity (Wildman–Crippen MR) is 227 cm³/mol. The highest BCUT2D eigenvalue weighted by Gasteiger charge is 2.21. The summed E-state index contributed by atoms with van der Waals surface area (Å²) in [4.78, 5) is 15.6. The van der Waals surface area contributed by atoms with E-state index in [9.17, 15) is 0 Å². The molecule has 10 aromatic rings. The second-order valence-corrected chi connectivity index (χ2v) is 13.6. The largest absolute Gasteiger partial charge is 0.309 e. The van der Waals surface area contributed by atoms with Gasteiger partial charge < -0.3 is 4.57 Å². The average Bonchev–Trinajstić information content (AvgIpc) is 3.61. The van der Waals surface area contributed by atoms with E-state index in [2.05, 4.69) is 174 Å². The topological polar surface area (TPSA) is 43.6 Å². The third-order valence-corrected chi connectivity index (χ3v) is 10.3. The highest BCUT2D eigenvalue weighted by atomic mass is 15.1. The summed E-state index contributed by atoms with van der Waals surface area (Å²) in [7, 11) is 0. The lowest BCUT2D eigenvalue weighted by Gasteiger charge is -2.18. The molecule has 0 saturated heterocycles. The Hall–Kier alpha value is -7.43. The number of aromatic nitrogens is 4. The van der Waals surface area contributed by atoms with E-state index in [1.54, 1.807) is 0 Å². The number of rotatable bonds is 7. The van der Waals surface area contributed by atoms with Crippen LogP contribution in [0.25, 0.3) is 95.0 Å². The van der Waals surface area contributed by atoms with Crippen LogP contribution < -0.4 is 0 Å². The first kappa shape index (κ1) is 32.2. The number of para-hydroxylation sites is 2. The number of fused-ring (bicyclic) bond motifs is 3. The van der Waals surface area contributed by atoms with E-state index in [0.29, 0.717) is 17.5 Å². The molecule has 55 heavy (non-hydrogen) atoms. The summed E-state index contributed by atoms with van der Waals surface area (Å²) in [5.74, 6) is 1.85. The van der Waals surface area contributed by atoms with Crippen molar-refractivity contribution in [1.29, 1.82) is 0 Å². The fourth-order valence-electron chi connectivity index (χ4n) is 7.65. The van der Waals surface area contributed by atoms with Crippen LogP contribution in [0.15, 0.2) is 206 Å². The van der Waals surface area contributed by atoms with E-state index in [1.165, 1.54) is 16.3 Å². The molecule has 258 valence electrons. The normalized spacial score (nSPS) is 11.3. The lowest BCUT2D eigenvalue weighted by molar-refractivity contribution is 1.06. The van der Waals surface area contributed by atoms with Crippen LogP contribution in [0.1, 0.15) is 0 Å². The molecule has 8 aromatic carbocycles. The highest BCUT2D eigenvalue weighted by Crippen LogP contribution is 2.41. The van der Waals surface area contributed by atoms with Gasteiger partial charge in [-0.2, -0.15) is 0 Å².